The Balaban J connectivity index is 3.70. The smallest absolute Gasteiger partial charge is 0.331 e. The molecule has 0 atom stereocenters. The molecule has 0 saturated carbocycles. The summed E-state index contributed by atoms with van der Waals surface area (Å²) in [6, 6.07) is 0. The molecule has 0 heterocycles. The summed E-state index contributed by atoms with van der Waals surface area (Å²) in [5.41, 5.74) is 0. The maximum Gasteiger partial charge on any atom is 0.331 e. The normalized spacial score (nSPS) is 11.5. The number of carboxylic acid groups (broad SMARTS) is 1. The number of carbonyl (C=O) groups excluding carboxylic acids is 1. The Morgan fingerprint density at radius 2 is 1.87 bits per heavy atom. The topological polar surface area (TPSA) is 118 Å². The average molecular weight is 238 g/mol. The van der Waals surface area contributed by atoms with Crippen LogP contribution >= 0.6 is 0 Å². The zero-order valence-electron chi connectivity index (χ0n) is 7.62. The summed E-state index contributed by atoms with van der Waals surface area (Å²) < 4.78 is 33.2. The van der Waals surface area contributed by atoms with E-state index in [9.17, 15) is 18.0 Å². The lowest BCUT2D eigenvalue weighted by molar-refractivity contribution is -0.138. The number of esters is 1. The second kappa shape index (κ2) is 6.14. The van der Waals surface area contributed by atoms with Gasteiger partial charge in [-0.1, -0.05) is 0 Å². The Bertz CT molecular complexity index is 354. The Morgan fingerprint density at radius 1 is 1.27 bits per heavy atom. The molecule has 2 N–H and O–H groups in total. The highest BCUT2D eigenvalue weighted by Crippen LogP contribution is 1.91. The highest BCUT2D eigenvalue weighted by Gasteiger charge is 2.04. The molecule has 7 nitrogen and oxygen atoms in total. The van der Waals surface area contributed by atoms with Gasteiger partial charge in [-0.05, 0) is 6.42 Å². The Morgan fingerprint density at radius 3 is 2.33 bits per heavy atom. The fourth-order valence-corrected chi connectivity index (χ4v) is 1.08. The van der Waals surface area contributed by atoms with Gasteiger partial charge in [0.2, 0.25) is 0 Å². The molecule has 0 aromatic rings. The van der Waals surface area contributed by atoms with Gasteiger partial charge in [0.05, 0.1) is 12.4 Å². The number of aliphatic carboxylic acids is 1. The van der Waals surface area contributed by atoms with Crippen LogP contribution in [0.4, 0.5) is 0 Å². The van der Waals surface area contributed by atoms with Gasteiger partial charge in [0.15, 0.2) is 0 Å². The van der Waals surface area contributed by atoms with Gasteiger partial charge in [0, 0.05) is 12.2 Å². The summed E-state index contributed by atoms with van der Waals surface area (Å²) in [4.78, 5) is 20.6. The quantitative estimate of drug-likeness (QED) is 0.276. The van der Waals surface area contributed by atoms with Gasteiger partial charge >= 0.3 is 11.9 Å². The predicted octanol–water partition coefficient (Wildman–Crippen LogP) is -0.552. The van der Waals surface area contributed by atoms with Gasteiger partial charge in [-0.2, -0.15) is 8.42 Å². The molecule has 0 aromatic heterocycles. The lowest BCUT2D eigenvalue weighted by Crippen LogP contribution is -2.09. The molecule has 0 rings (SSSR count). The van der Waals surface area contributed by atoms with Crippen molar-refractivity contribution in [2.24, 2.45) is 0 Å². The van der Waals surface area contributed by atoms with Crippen LogP contribution in [-0.2, 0) is 24.4 Å². The second-order valence-electron chi connectivity index (χ2n) is 2.48. The number of rotatable bonds is 6. The molecule has 0 aliphatic heterocycles. The number of hydrogen-bond acceptors (Lipinski definition) is 5. The van der Waals surface area contributed by atoms with E-state index < -0.39 is 27.8 Å². The van der Waals surface area contributed by atoms with Gasteiger partial charge in [-0.15, -0.1) is 0 Å². The van der Waals surface area contributed by atoms with Crippen LogP contribution in [0.1, 0.15) is 6.42 Å². The van der Waals surface area contributed by atoms with Crippen molar-refractivity contribution < 1.29 is 32.4 Å². The molecule has 0 fully saturated rings. The largest absolute Gasteiger partial charge is 0.478 e. The van der Waals surface area contributed by atoms with Crippen LogP contribution in [0, 0.1) is 0 Å². The molecule has 0 radical (unpaired) electrons. The Kier molecular flexibility index (Phi) is 5.57. The fraction of sp³-hybridized carbons (Fsp3) is 0.429. The maximum atomic E-state index is 10.7. The molecular formula is C7H10O7S. The summed E-state index contributed by atoms with van der Waals surface area (Å²) in [5.74, 6) is -2.68. The van der Waals surface area contributed by atoms with Gasteiger partial charge in [0.1, 0.15) is 0 Å². The van der Waals surface area contributed by atoms with E-state index in [0.717, 1.165) is 0 Å². The highest BCUT2D eigenvalue weighted by molar-refractivity contribution is 7.85. The van der Waals surface area contributed by atoms with Gasteiger partial charge in [-0.3, -0.25) is 4.55 Å². The molecular weight excluding hydrogens is 228 g/mol. The average Bonchev–Trinajstić information content (AvgIpc) is 2.07. The molecule has 0 aromatic carbocycles. The van der Waals surface area contributed by atoms with Crippen molar-refractivity contribution in [3.05, 3.63) is 12.2 Å². The van der Waals surface area contributed by atoms with Crippen LogP contribution in [0.25, 0.3) is 0 Å². The summed E-state index contributed by atoms with van der Waals surface area (Å²) in [6.07, 6.45) is 1.26. The summed E-state index contributed by atoms with van der Waals surface area (Å²) in [5, 5.41) is 8.13. The molecule has 8 heteroatoms. The fourth-order valence-electron chi connectivity index (χ4n) is 0.602. The van der Waals surface area contributed by atoms with Gasteiger partial charge < -0.3 is 9.84 Å². The Labute approximate surface area is 86.1 Å². The van der Waals surface area contributed by atoms with Crippen molar-refractivity contribution in [2.45, 2.75) is 6.42 Å². The monoisotopic (exact) mass is 238 g/mol. The molecule has 15 heavy (non-hydrogen) atoms. The van der Waals surface area contributed by atoms with E-state index in [-0.39, 0.29) is 13.0 Å². The predicted molar refractivity (Wildman–Crippen MR) is 48.8 cm³/mol. The van der Waals surface area contributed by atoms with Crippen molar-refractivity contribution in [1.29, 1.82) is 0 Å². The number of carboxylic acids is 1. The van der Waals surface area contributed by atoms with E-state index in [1.165, 1.54) is 0 Å². The first-order valence-electron chi connectivity index (χ1n) is 3.84. The van der Waals surface area contributed by atoms with Crippen LogP contribution < -0.4 is 0 Å². The van der Waals surface area contributed by atoms with Crippen molar-refractivity contribution in [2.75, 3.05) is 12.4 Å². The van der Waals surface area contributed by atoms with Crippen molar-refractivity contribution >= 4 is 22.1 Å². The minimum Gasteiger partial charge on any atom is -0.478 e. The van der Waals surface area contributed by atoms with Crippen molar-refractivity contribution in [3.63, 3.8) is 0 Å². The first kappa shape index (κ1) is 13.6. The first-order valence-corrected chi connectivity index (χ1v) is 5.45. The zero-order valence-corrected chi connectivity index (χ0v) is 8.44. The first-order chi connectivity index (χ1) is 6.81. The Hall–Kier alpha value is -1.41. The van der Waals surface area contributed by atoms with Crippen LogP contribution in [-0.4, -0.2) is 42.4 Å². The molecule has 0 aliphatic rings. The molecule has 0 bridgehead atoms. The standard InChI is InChI=1S/C7H10O7S/c8-6(9)2-3-7(10)14-4-1-5-15(11,12)13/h2-3H,1,4-5H2,(H,8,9)(H,11,12,13)/b3-2-. The third kappa shape index (κ3) is 10.5. The molecule has 86 valence electrons. The lowest BCUT2D eigenvalue weighted by atomic mass is 10.5. The number of ether oxygens (including phenoxy) is 1. The van der Waals surface area contributed by atoms with E-state index in [1.807, 2.05) is 0 Å². The van der Waals surface area contributed by atoms with E-state index in [2.05, 4.69) is 4.74 Å². The van der Waals surface area contributed by atoms with E-state index in [1.54, 1.807) is 0 Å². The zero-order chi connectivity index (χ0) is 11.9. The van der Waals surface area contributed by atoms with Crippen LogP contribution in [0.3, 0.4) is 0 Å². The highest BCUT2D eigenvalue weighted by atomic mass is 32.2. The van der Waals surface area contributed by atoms with Crippen LogP contribution in [0.2, 0.25) is 0 Å². The minimum absolute atomic E-state index is 0.0501. The van der Waals surface area contributed by atoms with E-state index >= 15 is 0 Å². The van der Waals surface area contributed by atoms with Gasteiger partial charge in [-0.25, -0.2) is 9.59 Å². The summed E-state index contributed by atoms with van der Waals surface area (Å²) in [6.45, 7) is -0.206. The van der Waals surface area contributed by atoms with E-state index in [0.29, 0.717) is 12.2 Å². The van der Waals surface area contributed by atoms with Crippen LogP contribution in [0.15, 0.2) is 12.2 Å². The maximum absolute atomic E-state index is 10.7. The van der Waals surface area contributed by atoms with Crippen molar-refractivity contribution in [3.8, 4) is 0 Å². The molecule has 0 spiro atoms. The third-order valence-electron chi connectivity index (χ3n) is 1.15. The lowest BCUT2D eigenvalue weighted by Gasteiger charge is -1.99. The van der Waals surface area contributed by atoms with Gasteiger partial charge in [0.25, 0.3) is 10.1 Å². The molecule has 0 unspecified atom stereocenters. The van der Waals surface area contributed by atoms with E-state index in [4.69, 9.17) is 9.66 Å². The van der Waals surface area contributed by atoms with Crippen molar-refractivity contribution in [1.82, 2.24) is 0 Å². The third-order valence-corrected chi connectivity index (χ3v) is 1.96. The number of hydrogen-bond donors (Lipinski definition) is 2. The molecule has 0 aliphatic carbocycles. The number of carbonyl (C=O) groups is 2. The van der Waals surface area contributed by atoms with Crippen LogP contribution in [0.5, 0.6) is 0 Å². The summed E-state index contributed by atoms with van der Waals surface area (Å²) >= 11 is 0. The molecule has 0 amide bonds. The summed E-state index contributed by atoms with van der Waals surface area (Å²) in [7, 11) is -4.05. The minimum atomic E-state index is -4.05. The molecule has 0 saturated heterocycles. The second-order valence-corrected chi connectivity index (χ2v) is 4.05. The SMILES string of the molecule is O=C(O)/C=C\C(=O)OCCCS(=O)(=O)O.